The van der Waals surface area contributed by atoms with Crippen molar-refractivity contribution in [3.05, 3.63) is 6.33 Å². The van der Waals surface area contributed by atoms with Crippen LogP contribution in [0.25, 0.3) is 11.2 Å². The SMILES string of the molecule is CCCN(CC)CCn1c(N)nc2c(OC)ncnc21. The average molecular weight is 278 g/mol. The topological polar surface area (TPSA) is 82.1 Å². The van der Waals surface area contributed by atoms with Crippen molar-refractivity contribution in [1.82, 2.24) is 24.4 Å². The van der Waals surface area contributed by atoms with Gasteiger partial charge in [0.1, 0.15) is 6.33 Å². The number of imidazole rings is 1. The first-order chi connectivity index (χ1) is 9.71. The summed E-state index contributed by atoms with van der Waals surface area (Å²) in [6, 6.07) is 0. The summed E-state index contributed by atoms with van der Waals surface area (Å²) in [6.07, 6.45) is 2.62. The van der Waals surface area contributed by atoms with E-state index in [1.807, 2.05) is 4.57 Å². The van der Waals surface area contributed by atoms with E-state index >= 15 is 0 Å². The van der Waals surface area contributed by atoms with Crippen LogP contribution >= 0.6 is 0 Å². The molecule has 0 aliphatic carbocycles. The molecular formula is C13H22N6O. The number of hydrogen-bond donors (Lipinski definition) is 1. The third-order valence-corrected chi connectivity index (χ3v) is 3.35. The molecule has 0 saturated carbocycles. The molecule has 0 unspecified atom stereocenters. The van der Waals surface area contributed by atoms with Gasteiger partial charge in [-0.1, -0.05) is 13.8 Å². The van der Waals surface area contributed by atoms with Crippen LogP contribution in [0.5, 0.6) is 5.88 Å². The molecule has 0 aromatic carbocycles. The van der Waals surface area contributed by atoms with E-state index in [0.717, 1.165) is 38.2 Å². The number of nitrogens with two attached hydrogens (primary N) is 1. The molecule has 2 heterocycles. The second-order valence-corrected chi connectivity index (χ2v) is 4.61. The Balaban J connectivity index is 2.23. The minimum Gasteiger partial charge on any atom is -0.479 e. The van der Waals surface area contributed by atoms with E-state index in [2.05, 4.69) is 33.7 Å². The average Bonchev–Trinajstić information content (AvgIpc) is 2.79. The summed E-state index contributed by atoms with van der Waals surface area (Å²) in [5, 5.41) is 0. The molecule has 2 rings (SSSR count). The first-order valence-electron chi connectivity index (χ1n) is 6.94. The summed E-state index contributed by atoms with van der Waals surface area (Å²) in [4.78, 5) is 15.0. The lowest BCUT2D eigenvalue weighted by atomic mass is 10.4. The van der Waals surface area contributed by atoms with Crippen LogP contribution in [0.4, 0.5) is 5.95 Å². The highest BCUT2D eigenvalue weighted by Crippen LogP contribution is 2.22. The molecule has 0 atom stereocenters. The Morgan fingerprint density at radius 2 is 2.10 bits per heavy atom. The lowest BCUT2D eigenvalue weighted by molar-refractivity contribution is 0.278. The summed E-state index contributed by atoms with van der Waals surface area (Å²) in [5.41, 5.74) is 7.33. The van der Waals surface area contributed by atoms with Gasteiger partial charge in [-0.2, -0.15) is 4.98 Å². The van der Waals surface area contributed by atoms with Gasteiger partial charge in [-0.05, 0) is 19.5 Å². The second kappa shape index (κ2) is 6.51. The van der Waals surface area contributed by atoms with Gasteiger partial charge in [-0.15, -0.1) is 0 Å². The van der Waals surface area contributed by atoms with Crippen LogP contribution in [0.2, 0.25) is 0 Å². The first-order valence-corrected chi connectivity index (χ1v) is 6.94. The molecule has 110 valence electrons. The van der Waals surface area contributed by atoms with Crippen molar-refractivity contribution in [2.75, 3.05) is 32.5 Å². The molecule has 7 heteroatoms. The molecule has 0 amide bonds. The number of rotatable bonds is 7. The zero-order valence-electron chi connectivity index (χ0n) is 12.3. The third kappa shape index (κ3) is 2.82. The molecule has 0 fully saturated rings. The zero-order chi connectivity index (χ0) is 14.5. The van der Waals surface area contributed by atoms with Crippen molar-refractivity contribution in [3.8, 4) is 5.88 Å². The van der Waals surface area contributed by atoms with Crippen molar-refractivity contribution in [3.63, 3.8) is 0 Å². The highest BCUT2D eigenvalue weighted by Gasteiger charge is 2.14. The highest BCUT2D eigenvalue weighted by molar-refractivity contribution is 5.78. The van der Waals surface area contributed by atoms with E-state index in [1.165, 1.54) is 6.33 Å². The van der Waals surface area contributed by atoms with Crippen LogP contribution in [0, 0.1) is 0 Å². The molecule has 0 bridgehead atoms. The molecule has 2 aromatic rings. The second-order valence-electron chi connectivity index (χ2n) is 4.61. The summed E-state index contributed by atoms with van der Waals surface area (Å²) in [6.45, 7) is 8.14. The first kappa shape index (κ1) is 14.5. The predicted molar refractivity (Wildman–Crippen MR) is 78.7 cm³/mol. The molecule has 7 nitrogen and oxygen atoms in total. The number of hydrogen-bond acceptors (Lipinski definition) is 6. The highest BCUT2D eigenvalue weighted by atomic mass is 16.5. The number of anilines is 1. The standard InChI is InChI=1S/C13H22N6O/c1-4-6-18(5-2)7-8-19-11-10(17-13(19)14)12(20-3)16-9-15-11/h9H,4-8H2,1-3H3,(H2,14,17). The number of nitrogen functional groups attached to an aromatic ring is 1. The largest absolute Gasteiger partial charge is 0.479 e. The summed E-state index contributed by atoms with van der Waals surface area (Å²) >= 11 is 0. The van der Waals surface area contributed by atoms with Crippen molar-refractivity contribution in [2.24, 2.45) is 0 Å². The van der Waals surface area contributed by atoms with Crippen molar-refractivity contribution in [2.45, 2.75) is 26.8 Å². The van der Waals surface area contributed by atoms with Gasteiger partial charge in [0.15, 0.2) is 11.2 Å². The normalized spacial score (nSPS) is 11.4. The Morgan fingerprint density at radius 3 is 2.75 bits per heavy atom. The molecule has 2 N–H and O–H groups in total. The Bertz CT molecular complexity index is 567. The van der Waals surface area contributed by atoms with E-state index in [4.69, 9.17) is 10.5 Å². The maximum Gasteiger partial charge on any atom is 0.245 e. The van der Waals surface area contributed by atoms with Crippen LogP contribution in [0.15, 0.2) is 6.33 Å². The van der Waals surface area contributed by atoms with Crippen molar-refractivity contribution in [1.29, 1.82) is 0 Å². The van der Waals surface area contributed by atoms with Crippen LogP contribution < -0.4 is 10.5 Å². The number of nitrogens with zero attached hydrogens (tertiary/aromatic N) is 5. The minimum absolute atomic E-state index is 0.450. The summed E-state index contributed by atoms with van der Waals surface area (Å²) in [5.74, 6) is 0.910. The fraction of sp³-hybridized carbons (Fsp3) is 0.615. The van der Waals surface area contributed by atoms with Gasteiger partial charge in [0.2, 0.25) is 11.8 Å². The zero-order valence-corrected chi connectivity index (χ0v) is 12.3. The van der Waals surface area contributed by atoms with Gasteiger partial charge in [0.05, 0.1) is 7.11 Å². The molecule has 0 spiro atoms. The minimum atomic E-state index is 0.450. The van der Waals surface area contributed by atoms with Crippen LogP contribution in [-0.2, 0) is 6.54 Å². The molecule has 20 heavy (non-hydrogen) atoms. The van der Waals surface area contributed by atoms with Crippen LogP contribution in [-0.4, -0.2) is 51.2 Å². The third-order valence-electron chi connectivity index (χ3n) is 3.35. The van der Waals surface area contributed by atoms with E-state index in [0.29, 0.717) is 17.3 Å². The van der Waals surface area contributed by atoms with Gasteiger partial charge in [-0.25, -0.2) is 9.97 Å². The van der Waals surface area contributed by atoms with Gasteiger partial charge in [0.25, 0.3) is 0 Å². The summed E-state index contributed by atoms with van der Waals surface area (Å²) in [7, 11) is 1.57. The van der Waals surface area contributed by atoms with Crippen LogP contribution in [0.1, 0.15) is 20.3 Å². The number of methoxy groups -OCH3 is 1. The van der Waals surface area contributed by atoms with Gasteiger partial charge >= 0.3 is 0 Å². The smallest absolute Gasteiger partial charge is 0.245 e. The lowest BCUT2D eigenvalue weighted by Crippen LogP contribution is -2.28. The Hall–Kier alpha value is -1.89. The van der Waals surface area contributed by atoms with E-state index < -0.39 is 0 Å². The number of likely N-dealkylation sites (N-methyl/N-ethyl adjacent to an activating group) is 1. The Kier molecular flexibility index (Phi) is 4.73. The quantitative estimate of drug-likeness (QED) is 0.818. The lowest BCUT2D eigenvalue weighted by Gasteiger charge is -2.19. The molecule has 0 aliphatic heterocycles. The van der Waals surface area contributed by atoms with Gasteiger partial charge in [-0.3, -0.25) is 4.57 Å². The Morgan fingerprint density at radius 1 is 1.30 bits per heavy atom. The molecule has 2 aromatic heterocycles. The molecular weight excluding hydrogens is 256 g/mol. The molecule has 0 radical (unpaired) electrons. The van der Waals surface area contributed by atoms with Gasteiger partial charge < -0.3 is 15.4 Å². The fourth-order valence-electron chi connectivity index (χ4n) is 2.29. The van der Waals surface area contributed by atoms with E-state index in [1.54, 1.807) is 7.11 Å². The number of aromatic nitrogens is 4. The van der Waals surface area contributed by atoms with Gasteiger partial charge in [0, 0.05) is 13.1 Å². The number of ether oxygens (including phenoxy) is 1. The van der Waals surface area contributed by atoms with Crippen LogP contribution in [0.3, 0.4) is 0 Å². The van der Waals surface area contributed by atoms with E-state index in [9.17, 15) is 0 Å². The number of fused-ring (bicyclic) bond motifs is 1. The molecule has 0 saturated heterocycles. The van der Waals surface area contributed by atoms with E-state index in [-0.39, 0.29) is 0 Å². The maximum atomic E-state index is 5.99. The van der Waals surface area contributed by atoms with Crippen molar-refractivity contribution >= 4 is 17.1 Å². The Labute approximate surface area is 118 Å². The van der Waals surface area contributed by atoms with Crippen molar-refractivity contribution < 1.29 is 4.74 Å². The summed E-state index contributed by atoms with van der Waals surface area (Å²) < 4.78 is 7.10. The predicted octanol–water partition coefficient (Wildman–Crippen LogP) is 1.15. The fourth-order valence-corrected chi connectivity index (χ4v) is 2.29. The maximum absolute atomic E-state index is 5.99. The monoisotopic (exact) mass is 278 g/mol. The molecule has 0 aliphatic rings.